The fourth-order valence-electron chi connectivity index (χ4n) is 4.28. The second-order valence-electron chi connectivity index (χ2n) is 7.66. The molecule has 1 N–H and O–H groups in total. The third kappa shape index (κ3) is 3.80. The Bertz CT molecular complexity index is 806. The number of aryl methyl sites for hydroxylation is 1. The Balaban J connectivity index is 1.59. The number of nitrogens with zero attached hydrogens (tertiary/aromatic N) is 4. The number of nitrogens with one attached hydrogen (secondary N) is 1. The molecule has 1 saturated heterocycles. The van der Waals surface area contributed by atoms with Gasteiger partial charge in [-0.3, -0.25) is 4.79 Å². The topological polar surface area (TPSA) is 61.4 Å². The standard InChI is InChI=1S/C20H29N5OS/c1-3-24-9-11-25(12-10-24)18-16-14(2)17(27-20(16)22-13-21-18)19(26)23-15-7-5-4-6-8-15/h13,15H,3-12H2,1-2H3,(H,23,26). The Kier molecular flexibility index (Phi) is 5.59. The van der Waals surface area contributed by atoms with Crippen molar-refractivity contribution < 1.29 is 4.79 Å². The maximum Gasteiger partial charge on any atom is 0.261 e. The summed E-state index contributed by atoms with van der Waals surface area (Å²) in [5.41, 5.74) is 1.02. The minimum Gasteiger partial charge on any atom is -0.353 e. The minimum atomic E-state index is 0.0594. The van der Waals surface area contributed by atoms with Crippen molar-refractivity contribution in [3.8, 4) is 0 Å². The Labute approximate surface area is 165 Å². The van der Waals surface area contributed by atoms with E-state index >= 15 is 0 Å². The predicted octanol–water partition coefficient (Wildman–Crippen LogP) is 3.20. The van der Waals surface area contributed by atoms with E-state index in [-0.39, 0.29) is 5.91 Å². The lowest BCUT2D eigenvalue weighted by molar-refractivity contribution is 0.0931. The lowest BCUT2D eigenvalue weighted by Crippen LogP contribution is -2.46. The van der Waals surface area contributed by atoms with E-state index in [4.69, 9.17) is 0 Å². The molecule has 1 saturated carbocycles. The Morgan fingerprint density at radius 3 is 2.63 bits per heavy atom. The Morgan fingerprint density at radius 1 is 1.19 bits per heavy atom. The summed E-state index contributed by atoms with van der Waals surface area (Å²) in [6, 6.07) is 0.323. The second-order valence-corrected chi connectivity index (χ2v) is 8.66. The van der Waals surface area contributed by atoms with E-state index < -0.39 is 0 Å². The molecule has 0 bridgehead atoms. The number of thiophene rings is 1. The first-order valence-corrected chi connectivity index (χ1v) is 11.0. The van der Waals surface area contributed by atoms with Crippen LogP contribution in [0.1, 0.15) is 54.3 Å². The highest BCUT2D eigenvalue weighted by Gasteiger charge is 2.25. The van der Waals surface area contributed by atoms with Crippen molar-refractivity contribution in [1.29, 1.82) is 0 Å². The first-order chi connectivity index (χ1) is 13.2. The molecule has 146 valence electrons. The number of rotatable bonds is 4. The summed E-state index contributed by atoms with van der Waals surface area (Å²) >= 11 is 1.50. The van der Waals surface area contributed by atoms with Crippen LogP contribution in [0.4, 0.5) is 5.82 Å². The number of likely N-dealkylation sites (N-methyl/N-ethyl adjacent to an activating group) is 1. The van der Waals surface area contributed by atoms with Gasteiger partial charge >= 0.3 is 0 Å². The quantitative estimate of drug-likeness (QED) is 0.873. The summed E-state index contributed by atoms with van der Waals surface area (Å²) in [4.78, 5) is 28.5. The van der Waals surface area contributed by atoms with Gasteiger partial charge in [0, 0.05) is 32.2 Å². The molecule has 2 aliphatic rings. The molecule has 4 rings (SSSR count). The SMILES string of the molecule is CCN1CCN(c2ncnc3sc(C(=O)NC4CCCCC4)c(C)c23)CC1. The van der Waals surface area contributed by atoms with Crippen molar-refractivity contribution in [2.45, 2.75) is 52.0 Å². The normalized spacial score (nSPS) is 19.6. The van der Waals surface area contributed by atoms with Gasteiger partial charge in [-0.2, -0.15) is 0 Å². The fourth-order valence-corrected chi connectivity index (χ4v) is 5.33. The molecule has 2 aromatic rings. The smallest absolute Gasteiger partial charge is 0.261 e. The van der Waals surface area contributed by atoms with Gasteiger partial charge in [0.25, 0.3) is 5.91 Å². The minimum absolute atomic E-state index is 0.0594. The second kappa shape index (κ2) is 8.10. The van der Waals surface area contributed by atoms with E-state index in [1.165, 1.54) is 30.6 Å². The molecule has 6 nitrogen and oxygen atoms in total. The van der Waals surface area contributed by atoms with Gasteiger partial charge in [-0.15, -0.1) is 11.3 Å². The number of fused-ring (bicyclic) bond motifs is 1. The zero-order valence-electron chi connectivity index (χ0n) is 16.3. The maximum absolute atomic E-state index is 12.9. The molecule has 1 aliphatic carbocycles. The van der Waals surface area contributed by atoms with E-state index in [2.05, 4.69) is 32.0 Å². The summed E-state index contributed by atoms with van der Waals surface area (Å²) in [6.07, 6.45) is 7.57. The lowest BCUT2D eigenvalue weighted by atomic mass is 9.95. The van der Waals surface area contributed by atoms with Crippen LogP contribution < -0.4 is 10.2 Å². The van der Waals surface area contributed by atoms with Crippen LogP contribution >= 0.6 is 11.3 Å². The highest BCUT2D eigenvalue weighted by Crippen LogP contribution is 2.35. The van der Waals surface area contributed by atoms with Gasteiger partial charge in [0.1, 0.15) is 17.0 Å². The summed E-state index contributed by atoms with van der Waals surface area (Å²) < 4.78 is 0. The summed E-state index contributed by atoms with van der Waals surface area (Å²) in [6.45, 7) is 9.40. The van der Waals surface area contributed by atoms with Crippen LogP contribution in [-0.2, 0) is 0 Å². The maximum atomic E-state index is 12.9. The lowest BCUT2D eigenvalue weighted by Gasteiger charge is -2.35. The molecule has 0 radical (unpaired) electrons. The molecule has 27 heavy (non-hydrogen) atoms. The highest BCUT2D eigenvalue weighted by atomic mass is 32.1. The first kappa shape index (κ1) is 18.6. The molecule has 7 heteroatoms. The van der Waals surface area contributed by atoms with Crippen molar-refractivity contribution in [2.24, 2.45) is 0 Å². The van der Waals surface area contributed by atoms with Gasteiger partial charge in [-0.1, -0.05) is 26.2 Å². The van der Waals surface area contributed by atoms with Crippen molar-refractivity contribution in [1.82, 2.24) is 20.2 Å². The van der Waals surface area contributed by atoms with E-state index in [9.17, 15) is 4.79 Å². The number of anilines is 1. The largest absolute Gasteiger partial charge is 0.353 e. The van der Waals surface area contributed by atoms with Crippen LogP contribution in [0.15, 0.2) is 6.33 Å². The Morgan fingerprint density at radius 2 is 1.93 bits per heavy atom. The molecule has 0 aromatic carbocycles. The van der Waals surface area contributed by atoms with Crippen molar-refractivity contribution in [3.05, 3.63) is 16.8 Å². The van der Waals surface area contributed by atoms with Gasteiger partial charge in [-0.25, -0.2) is 9.97 Å². The number of carbonyl (C=O) groups excluding carboxylic acids is 1. The molecule has 2 aromatic heterocycles. The molecule has 3 heterocycles. The third-order valence-electron chi connectivity index (χ3n) is 5.97. The van der Waals surface area contributed by atoms with Crippen LogP contribution in [-0.4, -0.2) is 59.5 Å². The molecule has 1 aliphatic heterocycles. The van der Waals surface area contributed by atoms with Gasteiger partial charge in [0.2, 0.25) is 0 Å². The predicted molar refractivity (Wildman–Crippen MR) is 111 cm³/mol. The molecule has 2 fully saturated rings. The van der Waals surface area contributed by atoms with Gasteiger partial charge in [0.05, 0.1) is 10.3 Å². The number of piperazine rings is 1. The van der Waals surface area contributed by atoms with E-state index in [0.717, 1.165) is 72.0 Å². The van der Waals surface area contributed by atoms with Crippen LogP contribution in [0.2, 0.25) is 0 Å². The Hall–Kier alpha value is -1.73. The van der Waals surface area contributed by atoms with E-state index in [1.807, 2.05) is 6.92 Å². The monoisotopic (exact) mass is 387 g/mol. The van der Waals surface area contributed by atoms with Gasteiger partial charge in [-0.05, 0) is 31.9 Å². The van der Waals surface area contributed by atoms with Crippen molar-refractivity contribution in [2.75, 3.05) is 37.6 Å². The van der Waals surface area contributed by atoms with Gasteiger partial charge < -0.3 is 15.1 Å². The molecule has 0 spiro atoms. The number of hydrogen-bond acceptors (Lipinski definition) is 6. The molecular formula is C20H29N5OS. The van der Waals surface area contributed by atoms with E-state index in [0.29, 0.717) is 6.04 Å². The zero-order valence-corrected chi connectivity index (χ0v) is 17.1. The summed E-state index contributed by atoms with van der Waals surface area (Å²) in [7, 11) is 0. The van der Waals surface area contributed by atoms with Crippen LogP contribution in [0.25, 0.3) is 10.2 Å². The van der Waals surface area contributed by atoms with Crippen LogP contribution in [0.3, 0.4) is 0 Å². The van der Waals surface area contributed by atoms with Gasteiger partial charge in [0.15, 0.2) is 0 Å². The van der Waals surface area contributed by atoms with Crippen LogP contribution in [0.5, 0.6) is 0 Å². The average Bonchev–Trinajstić information content (AvgIpc) is 3.06. The first-order valence-electron chi connectivity index (χ1n) is 10.2. The fraction of sp³-hybridized carbons (Fsp3) is 0.650. The average molecular weight is 388 g/mol. The van der Waals surface area contributed by atoms with Crippen LogP contribution in [0, 0.1) is 6.92 Å². The number of aromatic nitrogens is 2. The number of hydrogen-bond donors (Lipinski definition) is 1. The van der Waals surface area contributed by atoms with E-state index in [1.54, 1.807) is 6.33 Å². The molecule has 1 amide bonds. The summed E-state index contributed by atoms with van der Waals surface area (Å²) in [5, 5.41) is 4.31. The molecule has 0 unspecified atom stereocenters. The summed E-state index contributed by atoms with van der Waals surface area (Å²) in [5.74, 6) is 1.05. The van der Waals surface area contributed by atoms with Crippen molar-refractivity contribution in [3.63, 3.8) is 0 Å². The number of carbonyl (C=O) groups is 1. The molecule has 0 atom stereocenters. The highest BCUT2D eigenvalue weighted by molar-refractivity contribution is 7.20. The molecular weight excluding hydrogens is 358 g/mol. The third-order valence-corrected chi connectivity index (χ3v) is 7.17. The number of amides is 1. The van der Waals surface area contributed by atoms with Crippen molar-refractivity contribution >= 4 is 33.3 Å². The zero-order chi connectivity index (χ0) is 18.8.